The van der Waals surface area contributed by atoms with Crippen molar-refractivity contribution in [2.75, 3.05) is 0 Å². The predicted molar refractivity (Wildman–Crippen MR) is 109 cm³/mol. The SMILES string of the molecule is CC(C)(C)CC(NC(=O)c1cccc(-c2cncc(=O)[nH]2)c1)c1cccnc1. The van der Waals surface area contributed by atoms with Crippen LogP contribution in [0.3, 0.4) is 0 Å². The molecule has 28 heavy (non-hydrogen) atoms. The molecule has 144 valence electrons. The number of H-pyrrole nitrogens is 1. The van der Waals surface area contributed by atoms with E-state index in [9.17, 15) is 9.59 Å². The van der Waals surface area contributed by atoms with E-state index in [0.717, 1.165) is 17.5 Å². The van der Waals surface area contributed by atoms with Crippen LogP contribution in [0, 0.1) is 5.41 Å². The Morgan fingerprint density at radius 3 is 2.61 bits per heavy atom. The minimum absolute atomic E-state index is 0.0326. The Bertz CT molecular complexity index is 1010. The maximum atomic E-state index is 12.9. The number of benzene rings is 1. The van der Waals surface area contributed by atoms with Gasteiger partial charge in [-0.3, -0.25) is 19.6 Å². The number of aromatic nitrogens is 3. The van der Waals surface area contributed by atoms with Gasteiger partial charge in [-0.25, -0.2) is 0 Å². The van der Waals surface area contributed by atoms with Gasteiger partial charge in [0.15, 0.2) is 0 Å². The van der Waals surface area contributed by atoms with Crippen molar-refractivity contribution in [3.05, 3.63) is 82.7 Å². The summed E-state index contributed by atoms with van der Waals surface area (Å²) in [4.78, 5) is 35.3. The molecule has 0 aliphatic heterocycles. The Balaban J connectivity index is 1.86. The lowest BCUT2D eigenvalue weighted by atomic mass is 9.85. The highest BCUT2D eigenvalue weighted by molar-refractivity contribution is 5.95. The molecule has 1 amide bonds. The molecule has 0 saturated heterocycles. The Labute approximate surface area is 164 Å². The minimum Gasteiger partial charge on any atom is -0.345 e. The van der Waals surface area contributed by atoms with Crippen LogP contribution >= 0.6 is 0 Å². The molecule has 3 aromatic rings. The Morgan fingerprint density at radius 2 is 1.93 bits per heavy atom. The zero-order chi connectivity index (χ0) is 20.1. The summed E-state index contributed by atoms with van der Waals surface area (Å²) in [5, 5.41) is 3.13. The van der Waals surface area contributed by atoms with E-state index in [1.54, 1.807) is 36.8 Å². The van der Waals surface area contributed by atoms with Crippen LogP contribution in [-0.2, 0) is 0 Å². The van der Waals surface area contributed by atoms with E-state index in [4.69, 9.17) is 0 Å². The largest absolute Gasteiger partial charge is 0.345 e. The monoisotopic (exact) mass is 376 g/mol. The molecule has 2 aromatic heterocycles. The molecule has 0 aliphatic carbocycles. The minimum atomic E-state index is -0.283. The van der Waals surface area contributed by atoms with E-state index in [2.05, 4.69) is 41.0 Å². The summed E-state index contributed by atoms with van der Waals surface area (Å²) in [6.45, 7) is 6.42. The van der Waals surface area contributed by atoms with Crippen LogP contribution in [0.15, 0.2) is 66.0 Å². The van der Waals surface area contributed by atoms with Gasteiger partial charge in [0.1, 0.15) is 0 Å². The highest BCUT2D eigenvalue weighted by atomic mass is 16.1. The van der Waals surface area contributed by atoms with Crippen LogP contribution in [0.25, 0.3) is 11.3 Å². The van der Waals surface area contributed by atoms with Gasteiger partial charge in [-0.15, -0.1) is 0 Å². The number of nitrogens with one attached hydrogen (secondary N) is 2. The van der Waals surface area contributed by atoms with Crippen molar-refractivity contribution in [1.82, 2.24) is 20.3 Å². The Morgan fingerprint density at radius 1 is 1.11 bits per heavy atom. The summed E-state index contributed by atoms with van der Waals surface area (Å²) in [5.74, 6) is -0.175. The zero-order valence-electron chi connectivity index (χ0n) is 16.3. The van der Waals surface area contributed by atoms with Crippen molar-refractivity contribution in [2.45, 2.75) is 33.2 Å². The summed E-state index contributed by atoms with van der Waals surface area (Å²) in [5.41, 5.74) is 2.54. The van der Waals surface area contributed by atoms with Gasteiger partial charge in [0.25, 0.3) is 11.5 Å². The van der Waals surface area contributed by atoms with E-state index in [1.165, 1.54) is 6.20 Å². The fraction of sp³-hybridized carbons (Fsp3) is 0.273. The number of nitrogens with zero attached hydrogens (tertiary/aromatic N) is 2. The number of rotatable bonds is 5. The third kappa shape index (κ3) is 5.13. The Hall–Kier alpha value is -3.28. The lowest BCUT2D eigenvalue weighted by Gasteiger charge is -2.27. The van der Waals surface area contributed by atoms with E-state index in [0.29, 0.717) is 11.3 Å². The number of hydrogen-bond donors (Lipinski definition) is 2. The lowest BCUT2D eigenvalue weighted by molar-refractivity contribution is 0.0926. The molecule has 1 aromatic carbocycles. The van der Waals surface area contributed by atoms with Gasteiger partial charge < -0.3 is 10.3 Å². The van der Waals surface area contributed by atoms with Crippen LogP contribution in [0.2, 0.25) is 0 Å². The van der Waals surface area contributed by atoms with Crippen LogP contribution in [-0.4, -0.2) is 20.9 Å². The van der Waals surface area contributed by atoms with E-state index >= 15 is 0 Å². The second-order valence-corrected chi connectivity index (χ2v) is 7.97. The van der Waals surface area contributed by atoms with Crippen LogP contribution in [0.4, 0.5) is 0 Å². The molecule has 0 fully saturated rings. The van der Waals surface area contributed by atoms with Gasteiger partial charge >= 0.3 is 0 Å². The van der Waals surface area contributed by atoms with Gasteiger partial charge in [0.2, 0.25) is 0 Å². The van der Waals surface area contributed by atoms with E-state index in [-0.39, 0.29) is 22.9 Å². The molecule has 0 saturated carbocycles. The molecule has 0 bridgehead atoms. The van der Waals surface area contributed by atoms with Crippen LogP contribution < -0.4 is 10.9 Å². The number of pyridine rings is 1. The van der Waals surface area contributed by atoms with Crippen molar-refractivity contribution in [3.8, 4) is 11.3 Å². The second kappa shape index (κ2) is 8.17. The molecule has 0 radical (unpaired) electrons. The molecule has 6 nitrogen and oxygen atoms in total. The first-order valence-corrected chi connectivity index (χ1v) is 9.17. The first kappa shape index (κ1) is 19.5. The molecule has 3 rings (SSSR count). The summed E-state index contributed by atoms with van der Waals surface area (Å²) in [6, 6.07) is 10.8. The first-order valence-electron chi connectivity index (χ1n) is 9.17. The molecular formula is C22H24N4O2. The first-order chi connectivity index (χ1) is 13.3. The van der Waals surface area contributed by atoms with Crippen molar-refractivity contribution >= 4 is 5.91 Å². The molecule has 1 unspecified atom stereocenters. The lowest BCUT2D eigenvalue weighted by Crippen LogP contribution is -2.31. The molecular weight excluding hydrogens is 352 g/mol. The highest BCUT2D eigenvalue weighted by Gasteiger charge is 2.23. The summed E-state index contributed by atoms with van der Waals surface area (Å²) in [7, 11) is 0. The topological polar surface area (TPSA) is 87.7 Å². The summed E-state index contributed by atoms with van der Waals surface area (Å²) in [6.07, 6.45) is 7.06. The quantitative estimate of drug-likeness (QED) is 0.710. The third-order valence-electron chi connectivity index (χ3n) is 4.30. The number of amides is 1. The fourth-order valence-electron chi connectivity index (χ4n) is 3.04. The van der Waals surface area contributed by atoms with Crippen LogP contribution in [0.5, 0.6) is 0 Å². The third-order valence-corrected chi connectivity index (χ3v) is 4.30. The van der Waals surface area contributed by atoms with Gasteiger partial charge in [-0.05, 0) is 35.6 Å². The summed E-state index contributed by atoms with van der Waals surface area (Å²) < 4.78 is 0. The smallest absolute Gasteiger partial charge is 0.266 e. The number of carbonyl (C=O) groups excluding carboxylic acids is 1. The number of hydrogen-bond acceptors (Lipinski definition) is 4. The number of aromatic amines is 1. The van der Waals surface area contributed by atoms with E-state index in [1.807, 2.05) is 18.2 Å². The molecule has 2 N–H and O–H groups in total. The van der Waals surface area contributed by atoms with Crippen molar-refractivity contribution in [2.24, 2.45) is 5.41 Å². The fourth-order valence-corrected chi connectivity index (χ4v) is 3.04. The zero-order valence-corrected chi connectivity index (χ0v) is 16.3. The second-order valence-electron chi connectivity index (χ2n) is 7.97. The van der Waals surface area contributed by atoms with Gasteiger partial charge in [0, 0.05) is 23.5 Å². The van der Waals surface area contributed by atoms with Gasteiger partial charge in [-0.2, -0.15) is 0 Å². The average molecular weight is 376 g/mol. The Kier molecular flexibility index (Phi) is 5.68. The van der Waals surface area contributed by atoms with Gasteiger partial charge in [0.05, 0.1) is 24.1 Å². The van der Waals surface area contributed by atoms with Crippen molar-refractivity contribution in [3.63, 3.8) is 0 Å². The molecule has 2 heterocycles. The van der Waals surface area contributed by atoms with Crippen molar-refractivity contribution < 1.29 is 4.79 Å². The molecule has 0 spiro atoms. The van der Waals surface area contributed by atoms with Crippen molar-refractivity contribution in [1.29, 1.82) is 0 Å². The maximum absolute atomic E-state index is 12.9. The predicted octanol–water partition coefficient (Wildman–Crippen LogP) is 3.74. The highest BCUT2D eigenvalue weighted by Crippen LogP contribution is 2.29. The van der Waals surface area contributed by atoms with E-state index < -0.39 is 0 Å². The maximum Gasteiger partial charge on any atom is 0.266 e. The number of carbonyl (C=O) groups is 1. The normalized spacial score (nSPS) is 12.4. The molecule has 0 aliphatic rings. The van der Waals surface area contributed by atoms with Crippen LogP contribution in [0.1, 0.15) is 49.2 Å². The standard InChI is InChI=1S/C22H24N4O2/c1-22(2,3)11-18(17-8-5-9-23-12-17)26-21(28)16-7-4-6-15(10-16)19-13-24-14-20(27)25-19/h4-10,12-14,18H,11H2,1-3H3,(H,25,27)(H,26,28). The molecule has 6 heteroatoms. The molecule has 1 atom stereocenters. The van der Waals surface area contributed by atoms with Gasteiger partial charge in [-0.1, -0.05) is 39.0 Å². The summed E-state index contributed by atoms with van der Waals surface area (Å²) >= 11 is 0. The average Bonchev–Trinajstić information content (AvgIpc) is 2.67.